The second-order valence-corrected chi connectivity index (χ2v) is 8.05. The smallest absolute Gasteiger partial charge is 0.291 e. The molecule has 0 radical (unpaired) electrons. The van der Waals surface area contributed by atoms with E-state index < -0.39 is 5.41 Å². The van der Waals surface area contributed by atoms with Gasteiger partial charge >= 0.3 is 0 Å². The highest BCUT2D eigenvalue weighted by Gasteiger charge is 2.42. The van der Waals surface area contributed by atoms with Gasteiger partial charge < -0.3 is 9.73 Å². The van der Waals surface area contributed by atoms with Crippen LogP contribution in [-0.4, -0.2) is 17.7 Å². The summed E-state index contributed by atoms with van der Waals surface area (Å²) in [6.45, 7) is 1.94. The Morgan fingerprint density at radius 3 is 2.62 bits per heavy atom. The Morgan fingerprint density at radius 2 is 1.93 bits per heavy atom. The van der Waals surface area contributed by atoms with Gasteiger partial charge in [0.05, 0.1) is 5.41 Å². The van der Waals surface area contributed by atoms with Crippen LogP contribution in [0, 0.1) is 0 Å². The molecule has 0 spiro atoms. The lowest BCUT2D eigenvalue weighted by Crippen LogP contribution is -2.51. The third-order valence-electron chi connectivity index (χ3n) is 5.47. The first-order valence-electron chi connectivity index (χ1n) is 9.36. The first kappa shape index (κ1) is 19.4. The number of halogens is 1. The molecule has 2 N–H and O–H groups in total. The molecule has 1 fully saturated rings. The third-order valence-corrected chi connectivity index (χ3v) is 5.96. The van der Waals surface area contributed by atoms with Gasteiger partial charge in [0.2, 0.25) is 11.8 Å². The van der Waals surface area contributed by atoms with Gasteiger partial charge in [-0.3, -0.25) is 19.7 Å². The summed E-state index contributed by atoms with van der Waals surface area (Å²) >= 11 is 3.40. The Labute approximate surface area is 175 Å². The van der Waals surface area contributed by atoms with Gasteiger partial charge in [0.15, 0.2) is 5.76 Å². The van der Waals surface area contributed by atoms with Gasteiger partial charge in [0, 0.05) is 22.0 Å². The summed E-state index contributed by atoms with van der Waals surface area (Å²) < 4.78 is 6.52. The Balaban J connectivity index is 1.53. The lowest BCUT2D eigenvalue weighted by Gasteiger charge is -2.35. The Bertz CT molecular complexity index is 1120. The van der Waals surface area contributed by atoms with Crippen LogP contribution in [0.3, 0.4) is 0 Å². The molecular weight excluding hydrogens is 436 g/mol. The van der Waals surface area contributed by atoms with Crippen molar-refractivity contribution in [3.63, 3.8) is 0 Å². The maximum atomic E-state index is 12.5. The normalized spacial score (nSPS) is 19.2. The number of benzene rings is 2. The summed E-state index contributed by atoms with van der Waals surface area (Å²) in [5, 5.41) is 6.09. The summed E-state index contributed by atoms with van der Waals surface area (Å²) in [5.74, 6) is -0.629. The number of imide groups is 1. The van der Waals surface area contributed by atoms with Crippen LogP contribution in [0.25, 0.3) is 11.0 Å². The zero-order chi connectivity index (χ0) is 20.6. The number of rotatable bonds is 4. The van der Waals surface area contributed by atoms with Crippen LogP contribution < -0.4 is 10.6 Å². The summed E-state index contributed by atoms with van der Waals surface area (Å²) in [7, 11) is 0. The number of amides is 3. The minimum absolute atomic E-state index is 0.220. The van der Waals surface area contributed by atoms with E-state index in [-0.39, 0.29) is 23.5 Å². The average molecular weight is 455 g/mol. The molecule has 1 saturated heterocycles. The second kappa shape index (κ2) is 7.48. The average Bonchev–Trinajstić information content (AvgIpc) is 3.13. The van der Waals surface area contributed by atoms with Crippen molar-refractivity contribution >= 4 is 50.3 Å². The first-order valence-corrected chi connectivity index (χ1v) is 10.2. The lowest BCUT2D eigenvalue weighted by molar-refractivity contribution is -0.138. The third kappa shape index (κ3) is 3.58. The predicted molar refractivity (Wildman–Crippen MR) is 113 cm³/mol. The maximum Gasteiger partial charge on any atom is 0.291 e. The SMILES string of the molecule is CCC1(c2ccc(NC(=O)c3cc4cc(Br)ccc4o3)cc2)CCC(=O)NC1=O. The van der Waals surface area contributed by atoms with Crippen LogP contribution in [0.15, 0.2) is 57.4 Å². The van der Waals surface area contributed by atoms with Gasteiger partial charge in [-0.1, -0.05) is 35.0 Å². The van der Waals surface area contributed by atoms with Crippen molar-refractivity contribution in [2.75, 3.05) is 5.32 Å². The predicted octanol–water partition coefficient (Wildman–Crippen LogP) is 4.53. The Hall–Kier alpha value is -2.93. The quantitative estimate of drug-likeness (QED) is 0.566. The van der Waals surface area contributed by atoms with Crippen molar-refractivity contribution in [3.05, 3.63) is 64.3 Å². The van der Waals surface area contributed by atoms with Gasteiger partial charge in [-0.25, -0.2) is 0 Å². The van der Waals surface area contributed by atoms with Crippen LogP contribution in [-0.2, 0) is 15.0 Å². The minimum atomic E-state index is -0.720. The molecule has 1 aliphatic rings. The van der Waals surface area contributed by atoms with E-state index >= 15 is 0 Å². The summed E-state index contributed by atoms with van der Waals surface area (Å²) in [6.07, 6.45) is 1.39. The molecule has 3 amide bonds. The highest BCUT2D eigenvalue weighted by molar-refractivity contribution is 9.10. The molecule has 148 valence electrons. The number of carbonyl (C=O) groups excluding carboxylic acids is 3. The van der Waals surface area contributed by atoms with E-state index in [0.29, 0.717) is 30.5 Å². The summed E-state index contributed by atoms with van der Waals surface area (Å²) in [5.41, 5.74) is 1.34. The number of hydrogen-bond acceptors (Lipinski definition) is 4. The number of nitrogens with one attached hydrogen (secondary N) is 2. The number of furan rings is 1. The standard InChI is InChI=1S/C22H19BrN2O4/c1-2-22(10-9-19(26)25-21(22)28)14-3-6-16(7-4-14)24-20(27)18-12-13-11-15(23)5-8-17(13)29-18/h3-8,11-12H,2,9-10H2,1H3,(H,24,27)(H,25,26,28). The highest BCUT2D eigenvalue weighted by Crippen LogP contribution is 2.36. The number of carbonyl (C=O) groups is 3. The zero-order valence-electron chi connectivity index (χ0n) is 15.8. The first-order chi connectivity index (χ1) is 13.9. The molecule has 6 nitrogen and oxygen atoms in total. The van der Waals surface area contributed by atoms with Gasteiger partial charge in [0.25, 0.3) is 5.91 Å². The number of hydrogen-bond donors (Lipinski definition) is 2. The Kier molecular flexibility index (Phi) is 5.00. The van der Waals surface area contributed by atoms with E-state index in [2.05, 4.69) is 26.6 Å². The van der Waals surface area contributed by atoms with E-state index in [1.54, 1.807) is 24.3 Å². The van der Waals surface area contributed by atoms with Crippen molar-refractivity contribution in [2.24, 2.45) is 0 Å². The molecular formula is C22H19BrN2O4. The van der Waals surface area contributed by atoms with Crippen LogP contribution in [0.4, 0.5) is 5.69 Å². The molecule has 0 bridgehead atoms. The van der Waals surface area contributed by atoms with Crippen molar-refractivity contribution in [2.45, 2.75) is 31.6 Å². The van der Waals surface area contributed by atoms with E-state index in [0.717, 1.165) is 15.4 Å². The van der Waals surface area contributed by atoms with E-state index in [1.165, 1.54) is 0 Å². The lowest BCUT2D eigenvalue weighted by atomic mass is 9.72. The molecule has 7 heteroatoms. The van der Waals surface area contributed by atoms with E-state index in [1.807, 2.05) is 31.2 Å². The molecule has 0 saturated carbocycles. The molecule has 4 rings (SSSR count). The second-order valence-electron chi connectivity index (χ2n) is 7.14. The summed E-state index contributed by atoms with van der Waals surface area (Å²) in [4.78, 5) is 36.6. The summed E-state index contributed by atoms with van der Waals surface area (Å²) in [6, 6.07) is 14.4. The van der Waals surface area contributed by atoms with Crippen LogP contribution in [0.2, 0.25) is 0 Å². The molecule has 2 heterocycles. The van der Waals surface area contributed by atoms with E-state index in [4.69, 9.17) is 4.42 Å². The number of fused-ring (bicyclic) bond motifs is 1. The van der Waals surface area contributed by atoms with Gasteiger partial charge in [-0.2, -0.15) is 0 Å². The van der Waals surface area contributed by atoms with Crippen LogP contribution in [0.1, 0.15) is 42.3 Å². The molecule has 3 aromatic rings. The Morgan fingerprint density at radius 1 is 1.17 bits per heavy atom. The van der Waals surface area contributed by atoms with Gasteiger partial charge in [-0.05, 0) is 54.8 Å². The topological polar surface area (TPSA) is 88.4 Å². The molecule has 2 aromatic carbocycles. The largest absolute Gasteiger partial charge is 0.451 e. The fraction of sp³-hybridized carbons (Fsp3) is 0.227. The minimum Gasteiger partial charge on any atom is -0.451 e. The monoisotopic (exact) mass is 454 g/mol. The fourth-order valence-electron chi connectivity index (χ4n) is 3.76. The van der Waals surface area contributed by atoms with Crippen LogP contribution in [0.5, 0.6) is 0 Å². The molecule has 1 aliphatic heterocycles. The van der Waals surface area contributed by atoms with Crippen molar-refractivity contribution in [1.29, 1.82) is 0 Å². The molecule has 1 atom stereocenters. The molecule has 1 unspecified atom stereocenters. The van der Waals surface area contributed by atoms with Gasteiger partial charge in [0.1, 0.15) is 5.58 Å². The van der Waals surface area contributed by atoms with Crippen LogP contribution >= 0.6 is 15.9 Å². The molecule has 29 heavy (non-hydrogen) atoms. The maximum absolute atomic E-state index is 12.5. The number of anilines is 1. The van der Waals surface area contributed by atoms with E-state index in [9.17, 15) is 14.4 Å². The van der Waals surface area contributed by atoms with Crippen molar-refractivity contribution in [1.82, 2.24) is 5.32 Å². The number of piperidine rings is 1. The zero-order valence-corrected chi connectivity index (χ0v) is 17.3. The molecule has 1 aromatic heterocycles. The van der Waals surface area contributed by atoms with Gasteiger partial charge in [-0.15, -0.1) is 0 Å². The highest BCUT2D eigenvalue weighted by atomic mass is 79.9. The fourth-order valence-corrected chi connectivity index (χ4v) is 4.14. The van der Waals surface area contributed by atoms with Crippen molar-refractivity contribution in [3.8, 4) is 0 Å². The molecule has 0 aliphatic carbocycles. The van der Waals surface area contributed by atoms with Crippen molar-refractivity contribution < 1.29 is 18.8 Å².